The number of hydrogen-bond donors (Lipinski definition) is 0. The van der Waals surface area contributed by atoms with Gasteiger partial charge in [0.15, 0.2) is 0 Å². The van der Waals surface area contributed by atoms with Crippen molar-refractivity contribution in [2.45, 2.75) is 57.5 Å². The lowest BCUT2D eigenvalue weighted by molar-refractivity contribution is -0.166. The van der Waals surface area contributed by atoms with Gasteiger partial charge in [0.25, 0.3) is 0 Å². The summed E-state index contributed by atoms with van der Waals surface area (Å²) >= 11 is 0. The van der Waals surface area contributed by atoms with Crippen LogP contribution in [0, 0.1) is 12.8 Å². The van der Waals surface area contributed by atoms with Crippen molar-refractivity contribution in [2.24, 2.45) is 13.0 Å². The summed E-state index contributed by atoms with van der Waals surface area (Å²) < 4.78 is 126. The number of allylic oxidation sites excluding steroid dienone is 2. The van der Waals surface area contributed by atoms with Gasteiger partial charge in [-0.25, -0.2) is 4.79 Å². The van der Waals surface area contributed by atoms with E-state index in [4.69, 9.17) is 4.74 Å². The zero-order chi connectivity index (χ0) is 25.1. The van der Waals surface area contributed by atoms with Crippen LogP contribution in [-0.2, 0) is 24.5 Å². The first-order valence-electron chi connectivity index (χ1n) is 9.67. The average molecular weight is 490 g/mol. The summed E-state index contributed by atoms with van der Waals surface area (Å²) in [5.74, 6) is -2.44. The molecule has 1 aliphatic carbocycles. The van der Waals surface area contributed by atoms with Crippen LogP contribution >= 0.6 is 0 Å². The summed E-state index contributed by atoms with van der Waals surface area (Å²) in [6.45, 7) is 2.11. The van der Waals surface area contributed by atoms with Gasteiger partial charge in [0, 0.05) is 24.0 Å². The summed E-state index contributed by atoms with van der Waals surface area (Å²) in [5, 5.41) is 0. The molecule has 4 nitrogen and oxygen atoms in total. The van der Waals surface area contributed by atoms with Crippen LogP contribution in [0.1, 0.15) is 30.3 Å². The molecule has 1 aromatic heterocycles. The third-order valence-electron chi connectivity index (χ3n) is 5.90. The molecule has 1 aromatic rings. The van der Waals surface area contributed by atoms with Gasteiger partial charge >= 0.3 is 24.6 Å². The van der Waals surface area contributed by atoms with Crippen molar-refractivity contribution in [1.29, 1.82) is 0 Å². The Morgan fingerprint density at radius 1 is 1.06 bits per heavy atom. The second-order valence-electron chi connectivity index (χ2n) is 8.06. The Morgan fingerprint density at radius 2 is 1.67 bits per heavy atom. The van der Waals surface area contributed by atoms with E-state index in [0.29, 0.717) is 12.2 Å². The van der Waals surface area contributed by atoms with Crippen molar-refractivity contribution in [2.75, 3.05) is 0 Å². The molecule has 13 heteroatoms. The van der Waals surface area contributed by atoms with Crippen LogP contribution in [0.15, 0.2) is 29.4 Å². The van der Waals surface area contributed by atoms with Gasteiger partial charge in [0.2, 0.25) is 0 Å². The Kier molecular flexibility index (Phi) is 6.08. The monoisotopic (exact) mass is 490 g/mol. The number of nitrogens with zero attached hydrogens (tertiary/aromatic N) is 2. The molecule has 0 saturated carbocycles. The van der Waals surface area contributed by atoms with E-state index in [2.05, 4.69) is 0 Å². The van der Waals surface area contributed by atoms with E-state index in [1.165, 1.54) is 25.5 Å². The zero-order valence-corrected chi connectivity index (χ0v) is 17.5. The van der Waals surface area contributed by atoms with Gasteiger partial charge in [-0.05, 0) is 38.0 Å². The Morgan fingerprint density at radius 3 is 2.18 bits per heavy atom. The molecular formula is C20H19F9N2O2. The maximum atomic E-state index is 13.4. The Balaban J connectivity index is 1.95. The van der Waals surface area contributed by atoms with Crippen LogP contribution in [0.5, 0.6) is 0 Å². The number of cyclic esters (lactones) is 1. The van der Waals surface area contributed by atoms with Crippen LogP contribution in [0.4, 0.5) is 44.3 Å². The van der Waals surface area contributed by atoms with E-state index in [9.17, 15) is 44.3 Å². The van der Waals surface area contributed by atoms with E-state index in [1.54, 1.807) is 0 Å². The second-order valence-corrected chi connectivity index (χ2v) is 8.06. The molecule has 3 rings (SSSR count). The third kappa shape index (κ3) is 4.86. The molecule has 0 N–H and O–H groups in total. The smallest absolute Gasteiger partial charge is 0.418 e. The van der Waals surface area contributed by atoms with E-state index < -0.39 is 72.4 Å². The summed E-state index contributed by atoms with van der Waals surface area (Å²) in [5.41, 5.74) is -2.98. The highest BCUT2D eigenvalue weighted by Crippen LogP contribution is 2.44. The SMILES string of the molecule is Cc1cc(C(F)(F)F)c(CN2C(=O)O[C@H](C3=CC(C(F)(F)F)CC(C(F)(F)F)=C3)[C@@H]2C)n1C. The fraction of sp³-hybridized carbons (Fsp3) is 0.550. The first-order valence-corrected chi connectivity index (χ1v) is 9.67. The maximum absolute atomic E-state index is 13.4. The van der Waals surface area contributed by atoms with Gasteiger partial charge < -0.3 is 9.30 Å². The number of halogens is 9. The maximum Gasteiger partial charge on any atom is 0.418 e. The van der Waals surface area contributed by atoms with Gasteiger partial charge in [0.05, 0.1) is 24.1 Å². The molecule has 0 bridgehead atoms. The molecule has 2 heterocycles. The Labute approximate surface area is 182 Å². The van der Waals surface area contributed by atoms with E-state index in [-0.39, 0.29) is 11.4 Å². The average Bonchev–Trinajstić information content (AvgIpc) is 3.11. The number of alkyl halides is 9. The van der Waals surface area contributed by atoms with Crippen molar-refractivity contribution < 1.29 is 49.0 Å². The van der Waals surface area contributed by atoms with Gasteiger partial charge in [-0.15, -0.1) is 0 Å². The first-order chi connectivity index (χ1) is 14.9. The van der Waals surface area contributed by atoms with E-state index in [1.807, 2.05) is 0 Å². The van der Waals surface area contributed by atoms with Crippen molar-refractivity contribution in [3.8, 4) is 0 Å². The summed E-state index contributed by atoms with van der Waals surface area (Å²) in [6.07, 6.45) is -17.6. The van der Waals surface area contributed by atoms with E-state index >= 15 is 0 Å². The number of carbonyl (C=O) groups excluding carboxylic acids is 1. The molecule has 1 fully saturated rings. The highest BCUT2D eigenvalue weighted by Gasteiger charge is 2.49. The van der Waals surface area contributed by atoms with Crippen LogP contribution in [0.2, 0.25) is 0 Å². The standard InChI is InChI=1S/C20H19F9N2O2/c1-9-4-14(20(27,28)29)15(30(9)3)8-31-10(2)16(33-17(31)32)11-5-12(18(21,22)23)7-13(6-11)19(24,25)26/h4-6,10,12,16H,7-8H2,1-3H3/t10-,12?,16-/m0/s1. The van der Waals surface area contributed by atoms with Crippen molar-refractivity contribution in [3.05, 3.63) is 46.3 Å². The molecule has 0 spiro atoms. The molecule has 2 aliphatic rings. The number of rotatable bonds is 3. The normalized spacial score (nSPS) is 24.7. The summed E-state index contributed by atoms with van der Waals surface area (Å²) in [7, 11) is 1.35. The number of aromatic nitrogens is 1. The first kappa shape index (κ1) is 25.0. The summed E-state index contributed by atoms with van der Waals surface area (Å²) in [6, 6.07) is -0.243. The van der Waals surface area contributed by atoms with Crippen molar-refractivity contribution in [1.82, 2.24) is 9.47 Å². The Hall–Kier alpha value is -2.60. The van der Waals surface area contributed by atoms with Crippen LogP contribution < -0.4 is 0 Å². The van der Waals surface area contributed by atoms with Gasteiger partial charge in [0.1, 0.15) is 6.10 Å². The zero-order valence-electron chi connectivity index (χ0n) is 17.5. The lowest BCUT2D eigenvalue weighted by Gasteiger charge is -2.28. The predicted octanol–water partition coefficient (Wildman–Crippen LogP) is 6.06. The van der Waals surface area contributed by atoms with Crippen LogP contribution in [-0.4, -0.2) is 40.1 Å². The Bertz CT molecular complexity index is 999. The van der Waals surface area contributed by atoms with Gasteiger partial charge in [-0.1, -0.05) is 6.08 Å². The molecule has 0 aromatic carbocycles. The molecule has 3 atom stereocenters. The van der Waals surface area contributed by atoms with Crippen molar-refractivity contribution in [3.63, 3.8) is 0 Å². The molecule has 0 radical (unpaired) electrons. The number of amides is 1. The van der Waals surface area contributed by atoms with Crippen molar-refractivity contribution >= 4 is 6.09 Å². The lowest BCUT2D eigenvalue weighted by atomic mass is 9.86. The summed E-state index contributed by atoms with van der Waals surface area (Å²) in [4.78, 5) is 13.3. The fourth-order valence-corrected chi connectivity index (χ4v) is 3.96. The third-order valence-corrected chi connectivity index (χ3v) is 5.90. The quantitative estimate of drug-likeness (QED) is 0.483. The lowest BCUT2D eigenvalue weighted by Crippen LogP contribution is -2.36. The molecular weight excluding hydrogens is 471 g/mol. The second kappa shape index (κ2) is 8.01. The minimum Gasteiger partial charge on any atom is -0.439 e. The fourth-order valence-electron chi connectivity index (χ4n) is 3.96. The van der Waals surface area contributed by atoms with Crippen LogP contribution in [0.25, 0.3) is 0 Å². The molecule has 1 amide bonds. The highest BCUT2D eigenvalue weighted by molar-refractivity contribution is 5.72. The van der Waals surface area contributed by atoms with Crippen LogP contribution in [0.3, 0.4) is 0 Å². The molecule has 1 saturated heterocycles. The topological polar surface area (TPSA) is 34.5 Å². The number of ether oxygens (including phenoxy) is 1. The molecule has 1 unspecified atom stereocenters. The number of hydrogen-bond acceptors (Lipinski definition) is 2. The minimum absolute atomic E-state index is 0.245. The van der Waals surface area contributed by atoms with Gasteiger partial charge in [-0.2, -0.15) is 39.5 Å². The minimum atomic E-state index is -5.03. The van der Waals surface area contributed by atoms with E-state index in [0.717, 1.165) is 11.0 Å². The molecule has 1 aliphatic heterocycles. The molecule has 184 valence electrons. The predicted molar refractivity (Wildman–Crippen MR) is 96.8 cm³/mol. The largest absolute Gasteiger partial charge is 0.439 e. The number of carbonyl (C=O) groups is 1. The van der Waals surface area contributed by atoms with Gasteiger partial charge in [-0.3, -0.25) is 4.90 Å². The molecule has 33 heavy (non-hydrogen) atoms. The number of aryl methyl sites for hydroxylation is 1. The highest BCUT2D eigenvalue weighted by atomic mass is 19.4.